The topological polar surface area (TPSA) is 111 Å². The summed E-state index contributed by atoms with van der Waals surface area (Å²) in [5.74, 6) is 6.12. The summed E-state index contributed by atoms with van der Waals surface area (Å²) in [7, 11) is 0. The van der Waals surface area contributed by atoms with Crippen LogP contribution in [0.1, 0.15) is 68.4 Å². The summed E-state index contributed by atoms with van der Waals surface area (Å²) in [6.45, 7) is 25.2. The Labute approximate surface area is 237 Å². The molecule has 208 valence electrons. The summed E-state index contributed by atoms with van der Waals surface area (Å²) in [6.07, 6.45) is 2.09. The molecule has 1 fully saturated rings. The lowest BCUT2D eigenvalue weighted by Crippen LogP contribution is -2.72. The summed E-state index contributed by atoms with van der Waals surface area (Å²) >= 11 is 0. The lowest BCUT2D eigenvalue weighted by atomic mass is 9.34. The van der Waals surface area contributed by atoms with E-state index in [2.05, 4.69) is 75.8 Å². The van der Waals surface area contributed by atoms with Crippen LogP contribution in [-0.4, -0.2) is 17.9 Å². The van der Waals surface area contributed by atoms with Crippen molar-refractivity contribution >= 4 is 11.4 Å². The number of nitroso groups, excluding NO2 is 1. The standard InChI is InChI=1S/C34H40N4O2/c1-17(2)37-12-10-11-24-13-18(3)25-15-32(9)16-33-14-19(4)28(33)30(36)27(23(8)35)31(39)34(33,38-40)22(7)29(32)21(6)26(25)20(24)5/h13,19,28,37H,1,6,8,12,14-16,35-36H2,2-5,7,9H3/t19?,28-,32+,33+,34?/m1/s1. The highest BCUT2D eigenvalue weighted by Gasteiger charge is 2.76. The summed E-state index contributed by atoms with van der Waals surface area (Å²) < 4.78 is 0. The normalized spacial score (nSPS) is 32.0. The predicted octanol–water partition coefficient (Wildman–Crippen LogP) is 5.49. The Morgan fingerprint density at radius 2 is 1.95 bits per heavy atom. The first-order valence-corrected chi connectivity index (χ1v) is 13.9. The Kier molecular flexibility index (Phi) is 6.11. The molecule has 0 amide bonds. The first kappa shape index (κ1) is 27.7. The predicted molar refractivity (Wildman–Crippen MR) is 162 cm³/mol. The number of Topliss-reactive ketones (excluding diaryl/α,β-unsaturated/α-hetero) is 1. The van der Waals surface area contributed by atoms with Gasteiger partial charge in [-0.3, -0.25) is 4.79 Å². The van der Waals surface area contributed by atoms with Crippen molar-refractivity contribution in [2.75, 3.05) is 6.54 Å². The molecule has 1 aromatic rings. The monoisotopic (exact) mass is 536 g/mol. The molecule has 5 rings (SSSR count). The van der Waals surface area contributed by atoms with Crippen molar-refractivity contribution in [1.29, 1.82) is 0 Å². The van der Waals surface area contributed by atoms with Gasteiger partial charge in [0.2, 0.25) is 5.78 Å². The van der Waals surface area contributed by atoms with Crippen molar-refractivity contribution in [3.8, 4) is 11.8 Å². The maximum atomic E-state index is 14.3. The maximum absolute atomic E-state index is 14.3. The molecule has 1 aromatic carbocycles. The molecule has 0 heterocycles. The van der Waals surface area contributed by atoms with Crippen molar-refractivity contribution < 1.29 is 4.79 Å². The van der Waals surface area contributed by atoms with Gasteiger partial charge in [-0.15, -0.1) is 4.91 Å². The number of benzene rings is 1. The van der Waals surface area contributed by atoms with Gasteiger partial charge in [0, 0.05) is 34.0 Å². The Morgan fingerprint density at radius 1 is 1.27 bits per heavy atom. The summed E-state index contributed by atoms with van der Waals surface area (Å²) in [5.41, 5.74) is 19.7. The fourth-order valence-electron chi connectivity index (χ4n) is 9.01. The van der Waals surface area contributed by atoms with Crippen molar-refractivity contribution in [2.45, 2.75) is 66.3 Å². The Balaban J connectivity index is 1.74. The summed E-state index contributed by atoms with van der Waals surface area (Å²) in [6, 6.07) is 2.16. The van der Waals surface area contributed by atoms with Crippen LogP contribution < -0.4 is 16.8 Å². The minimum absolute atomic E-state index is 0.0907. The second-order valence-corrected chi connectivity index (χ2v) is 12.8. The summed E-state index contributed by atoms with van der Waals surface area (Å²) in [5, 5.41) is 6.90. The number of nitrogens with two attached hydrogens (primary N) is 2. The molecule has 40 heavy (non-hydrogen) atoms. The van der Waals surface area contributed by atoms with Crippen molar-refractivity contribution in [3.63, 3.8) is 0 Å². The third-order valence-corrected chi connectivity index (χ3v) is 10.2. The Bertz CT molecular complexity index is 1580. The number of hydrogen-bond acceptors (Lipinski definition) is 6. The number of aryl methyl sites for hydroxylation is 1. The molecule has 0 radical (unpaired) electrons. The number of nitrogens with zero attached hydrogens (tertiary/aromatic N) is 1. The zero-order chi connectivity index (χ0) is 29.5. The minimum Gasteiger partial charge on any atom is -0.401 e. The van der Waals surface area contributed by atoms with Crippen LogP contribution in [0, 0.1) is 53.3 Å². The highest BCUT2D eigenvalue weighted by molar-refractivity contribution is 6.11. The van der Waals surface area contributed by atoms with E-state index in [0.717, 1.165) is 40.0 Å². The van der Waals surface area contributed by atoms with Gasteiger partial charge in [-0.05, 0) is 109 Å². The number of rotatable bonds is 4. The zero-order valence-electron chi connectivity index (χ0n) is 24.6. The van der Waals surface area contributed by atoms with E-state index in [1.165, 1.54) is 11.1 Å². The molecule has 1 saturated carbocycles. The van der Waals surface area contributed by atoms with Gasteiger partial charge < -0.3 is 16.8 Å². The van der Waals surface area contributed by atoms with Crippen molar-refractivity contribution in [3.05, 3.63) is 92.3 Å². The lowest BCUT2D eigenvalue weighted by Gasteiger charge is -2.68. The second-order valence-electron chi connectivity index (χ2n) is 12.8. The number of hydrogen-bond donors (Lipinski definition) is 3. The van der Waals surface area contributed by atoms with E-state index >= 15 is 0 Å². The van der Waals surface area contributed by atoms with Crippen molar-refractivity contribution in [2.24, 2.45) is 39.3 Å². The smallest absolute Gasteiger partial charge is 0.202 e. The molecule has 4 aliphatic rings. The van der Waals surface area contributed by atoms with Gasteiger partial charge >= 0.3 is 0 Å². The third-order valence-electron chi connectivity index (χ3n) is 10.2. The molecule has 0 aromatic heterocycles. The van der Waals surface area contributed by atoms with Gasteiger partial charge in [-0.2, -0.15) is 0 Å². The number of fused-ring (bicyclic) bond motifs is 2. The molecule has 0 bridgehead atoms. The van der Waals surface area contributed by atoms with Crippen LogP contribution in [0.4, 0.5) is 0 Å². The second kappa shape index (κ2) is 8.83. The molecule has 5 atom stereocenters. The number of carbonyl (C=O) groups excluding carboxylic acids is 1. The van der Waals surface area contributed by atoms with E-state index < -0.39 is 16.7 Å². The van der Waals surface area contributed by atoms with E-state index in [0.29, 0.717) is 30.7 Å². The Morgan fingerprint density at radius 3 is 2.52 bits per heavy atom. The average Bonchev–Trinajstić information content (AvgIpc) is 2.83. The van der Waals surface area contributed by atoms with Crippen LogP contribution in [0.2, 0.25) is 0 Å². The quantitative estimate of drug-likeness (QED) is 0.348. The number of nitrogens with one attached hydrogen (secondary N) is 1. The average molecular weight is 537 g/mol. The van der Waals surface area contributed by atoms with Crippen LogP contribution in [-0.2, 0) is 11.2 Å². The van der Waals surface area contributed by atoms with Gasteiger partial charge in [-0.25, -0.2) is 0 Å². The molecule has 5 N–H and O–H groups in total. The summed E-state index contributed by atoms with van der Waals surface area (Å²) in [4.78, 5) is 27.4. The number of ketones is 1. The van der Waals surface area contributed by atoms with Gasteiger partial charge in [0.15, 0.2) is 5.54 Å². The Hall–Kier alpha value is -3.85. The number of carbonyl (C=O) groups is 1. The third kappa shape index (κ3) is 3.27. The highest BCUT2D eigenvalue weighted by Crippen LogP contribution is 2.74. The van der Waals surface area contributed by atoms with Crippen molar-refractivity contribution in [1.82, 2.24) is 5.32 Å². The largest absolute Gasteiger partial charge is 0.401 e. The maximum Gasteiger partial charge on any atom is 0.202 e. The van der Waals surface area contributed by atoms with E-state index in [4.69, 9.17) is 11.5 Å². The molecule has 0 aliphatic heterocycles. The van der Waals surface area contributed by atoms with Gasteiger partial charge in [0.25, 0.3) is 0 Å². The van der Waals surface area contributed by atoms with Gasteiger partial charge in [0.1, 0.15) is 0 Å². The fraction of sp³-hybridized carbons (Fsp3) is 0.441. The molecule has 2 unspecified atom stereocenters. The molecule has 1 spiro atoms. The molecule has 0 saturated heterocycles. The minimum atomic E-state index is -1.59. The van der Waals surface area contributed by atoms with E-state index in [1.54, 1.807) is 0 Å². The fourth-order valence-corrected chi connectivity index (χ4v) is 9.01. The van der Waals surface area contributed by atoms with Gasteiger partial charge in [0.05, 0.1) is 12.1 Å². The van der Waals surface area contributed by atoms with Gasteiger partial charge in [-0.1, -0.05) is 45.4 Å². The zero-order valence-corrected chi connectivity index (χ0v) is 24.6. The SMILES string of the molecule is C=C(C)NCC#Cc1cc(C)c2c(c1C)C(=C)C1=C(C)C3(N=O)C(=O)C(C(=C)N)=C(N)[C@H]4C(C)C[C@]43C[C@]1(C)C2. The first-order valence-electron chi connectivity index (χ1n) is 13.9. The lowest BCUT2D eigenvalue weighted by molar-refractivity contribution is -0.147. The van der Waals surface area contributed by atoms with Crippen LogP contribution >= 0.6 is 0 Å². The van der Waals surface area contributed by atoms with Crippen LogP contribution in [0.15, 0.2) is 64.8 Å². The molecule has 6 heteroatoms. The molecule has 6 nitrogen and oxygen atoms in total. The van der Waals surface area contributed by atoms with E-state index in [-0.39, 0.29) is 28.5 Å². The van der Waals surface area contributed by atoms with E-state index in [9.17, 15) is 9.70 Å². The van der Waals surface area contributed by atoms with Crippen LogP contribution in [0.3, 0.4) is 0 Å². The van der Waals surface area contributed by atoms with Crippen LogP contribution in [0.25, 0.3) is 5.57 Å². The van der Waals surface area contributed by atoms with Crippen LogP contribution in [0.5, 0.6) is 0 Å². The molecule has 4 aliphatic carbocycles. The molecular formula is C34H40N4O2. The first-order chi connectivity index (χ1) is 18.7. The molecular weight excluding hydrogens is 496 g/mol. The highest BCUT2D eigenvalue weighted by atomic mass is 16.3. The van der Waals surface area contributed by atoms with E-state index in [1.807, 2.05) is 13.8 Å². The number of allylic oxidation sites excluding steroid dienone is 5.